The Morgan fingerprint density at radius 2 is 2.39 bits per heavy atom. The number of morpholine rings is 1. The van der Waals surface area contributed by atoms with Gasteiger partial charge in [0.15, 0.2) is 0 Å². The topological polar surface area (TPSA) is 55.6 Å². The highest BCUT2D eigenvalue weighted by Gasteiger charge is 2.25. The van der Waals surface area contributed by atoms with Gasteiger partial charge in [0.1, 0.15) is 0 Å². The van der Waals surface area contributed by atoms with Gasteiger partial charge in [0, 0.05) is 29.7 Å². The number of carbonyl (C=O) groups is 1. The molecule has 0 spiro atoms. The van der Waals surface area contributed by atoms with E-state index in [0.717, 1.165) is 15.6 Å². The summed E-state index contributed by atoms with van der Waals surface area (Å²) in [6.07, 6.45) is -0.0461. The molecule has 5 heteroatoms. The largest absolute Gasteiger partial charge is 0.373 e. The molecule has 1 amide bonds. The molecular formula is C13H17BrN2O2. The van der Waals surface area contributed by atoms with Gasteiger partial charge in [0.25, 0.3) is 5.91 Å². The summed E-state index contributed by atoms with van der Waals surface area (Å²) >= 11 is 3.45. The summed E-state index contributed by atoms with van der Waals surface area (Å²) in [6.45, 7) is 4.14. The Morgan fingerprint density at radius 1 is 1.61 bits per heavy atom. The predicted octanol–water partition coefficient (Wildman–Crippen LogP) is 1.56. The Hall–Kier alpha value is -0.910. The zero-order valence-corrected chi connectivity index (χ0v) is 11.9. The monoisotopic (exact) mass is 312 g/mol. The number of rotatable bonds is 2. The van der Waals surface area contributed by atoms with E-state index in [4.69, 9.17) is 10.5 Å². The molecular weight excluding hydrogens is 296 g/mol. The van der Waals surface area contributed by atoms with Crippen molar-refractivity contribution in [2.75, 3.05) is 26.2 Å². The van der Waals surface area contributed by atoms with Gasteiger partial charge in [-0.2, -0.15) is 0 Å². The fourth-order valence-corrected chi connectivity index (χ4v) is 2.42. The van der Waals surface area contributed by atoms with Gasteiger partial charge in [-0.1, -0.05) is 22.0 Å². The standard InChI is InChI=1S/C13H17BrN2O2/c1-9-11(3-2-4-12(9)14)13(17)16-5-6-18-10(7-15)8-16/h2-4,10H,5-8,15H2,1H3. The number of hydrogen-bond acceptors (Lipinski definition) is 3. The van der Waals surface area contributed by atoms with E-state index in [0.29, 0.717) is 26.2 Å². The van der Waals surface area contributed by atoms with Gasteiger partial charge in [0.2, 0.25) is 0 Å². The summed E-state index contributed by atoms with van der Waals surface area (Å²) in [5.74, 6) is 0.0514. The number of benzene rings is 1. The van der Waals surface area contributed by atoms with Gasteiger partial charge in [-0.3, -0.25) is 4.79 Å². The van der Waals surface area contributed by atoms with Gasteiger partial charge in [-0.25, -0.2) is 0 Å². The Labute approximate surface area is 115 Å². The Balaban J connectivity index is 2.18. The minimum absolute atomic E-state index is 0.0461. The van der Waals surface area contributed by atoms with Crippen LogP contribution in [-0.4, -0.2) is 43.2 Å². The number of nitrogens with zero attached hydrogens (tertiary/aromatic N) is 1. The maximum Gasteiger partial charge on any atom is 0.254 e. The normalized spacial score (nSPS) is 19.9. The maximum absolute atomic E-state index is 12.4. The lowest BCUT2D eigenvalue weighted by Crippen LogP contribution is -2.48. The van der Waals surface area contributed by atoms with Crippen LogP contribution in [0.25, 0.3) is 0 Å². The maximum atomic E-state index is 12.4. The van der Waals surface area contributed by atoms with Gasteiger partial charge in [-0.05, 0) is 24.6 Å². The Kier molecular flexibility index (Phi) is 4.37. The van der Waals surface area contributed by atoms with Crippen LogP contribution < -0.4 is 5.73 Å². The summed E-state index contributed by atoms with van der Waals surface area (Å²) in [5.41, 5.74) is 7.30. The summed E-state index contributed by atoms with van der Waals surface area (Å²) in [7, 11) is 0. The molecule has 0 bridgehead atoms. The van der Waals surface area contributed by atoms with Crippen LogP contribution in [0.3, 0.4) is 0 Å². The molecule has 1 aliphatic heterocycles. The molecule has 2 rings (SSSR count). The van der Waals surface area contributed by atoms with Crippen LogP contribution in [0.5, 0.6) is 0 Å². The van der Waals surface area contributed by atoms with Crippen LogP contribution in [0.15, 0.2) is 22.7 Å². The summed E-state index contributed by atoms with van der Waals surface area (Å²) in [4.78, 5) is 14.3. The summed E-state index contributed by atoms with van der Waals surface area (Å²) in [6, 6.07) is 5.68. The van der Waals surface area contributed by atoms with E-state index in [-0.39, 0.29) is 12.0 Å². The molecule has 2 N–H and O–H groups in total. The molecule has 1 unspecified atom stereocenters. The van der Waals surface area contributed by atoms with E-state index in [1.165, 1.54) is 0 Å². The SMILES string of the molecule is Cc1c(Br)cccc1C(=O)N1CCOC(CN)C1. The Morgan fingerprint density at radius 3 is 3.11 bits per heavy atom. The van der Waals surface area contributed by atoms with Crippen molar-refractivity contribution in [3.05, 3.63) is 33.8 Å². The number of hydrogen-bond donors (Lipinski definition) is 1. The van der Waals surface area contributed by atoms with Crippen LogP contribution >= 0.6 is 15.9 Å². The molecule has 0 aliphatic carbocycles. The zero-order valence-electron chi connectivity index (χ0n) is 10.4. The van der Waals surface area contributed by atoms with Crippen LogP contribution in [0.2, 0.25) is 0 Å². The minimum Gasteiger partial charge on any atom is -0.373 e. The van der Waals surface area contributed by atoms with Crippen molar-refractivity contribution < 1.29 is 9.53 Å². The van der Waals surface area contributed by atoms with Crippen LogP contribution in [0.4, 0.5) is 0 Å². The first-order valence-electron chi connectivity index (χ1n) is 5.99. The lowest BCUT2D eigenvalue weighted by molar-refractivity contribution is -0.0167. The average molecular weight is 313 g/mol. The van der Waals surface area contributed by atoms with Crippen LogP contribution in [0, 0.1) is 6.92 Å². The minimum atomic E-state index is -0.0461. The van der Waals surface area contributed by atoms with E-state index in [1.807, 2.05) is 30.0 Å². The number of nitrogens with two attached hydrogens (primary N) is 1. The van der Waals surface area contributed by atoms with Crippen molar-refractivity contribution in [2.45, 2.75) is 13.0 Å². The van der Waals surface area contributed by atoms with Crippen molar-refractivity contribution in [1.29, 1.82) is 0 Å². The van der Waals surface area contributed by atoms with E-state index in [9.17, 15) is 4.79 Å². The second kappa shape index (κ2) is 5.82. The smallest absolute Gasteiger partial charge is 0.254 e. The first-order valence-corrected chi connectivity index (χ1v) is 6.79. The fraction of sp³-hybridized carbons (Fsp3) is 0.462. The molecule has 1 fully saturated rings. The number of ether oxygens (including phenoxy) is 1. The van der Waals surface area contributed by atoms with E-state index >= 15 is 0 Å². The van der Waals surface area contributed by atoms with Gasteiger partial charge < -0.3 is 15.4 Å². The van der Waals surface area contributed by atoms with Crippen molar-refractivity contribution in [3.8, 4) is 0 Å². The first kappa shape index (κ1) is 13.5. The van der Waals surface area contributed by atoms with Gasteiger partial charge in [-0.15, -0.1) is 0 Å². The molecule has 1 aliphatic rings. The van der Waals surface area contributed by atoms with Crippen molar-refractivity contribution in [1.82, 2.24) is 4.90 Å². The second-order valence-electron chi connectivity index (χ2n) is 4.39. The van der Waals surface area contributed by atoms with Crippen molar-refractivity contribution >= 4 is 21.8 Å². The molecule has 1 aromatic rings. The average Bonchev–Trinajstić information content (AvgIpc) is 2.41. The third-order valence-corrected chi connectivity index (χ3v) is 4.05. The lowest BCUT2D eigenvalue weighted by Gasteiger charge is -2.32. The molecule has 1 heterocycles. The quantitative estimate of drug-likeness (QED) is 0.901. The molecule has 98 valence electrons. The van der Waals surface area contributed by atoms with Gasteiger partial charge >= 0.3 is 0 Å². The first-order chi connectivity index (χ1) is 8.63. The van der Waals surface area contributed by atoms with E-state index in [1.54, 1.807) is 0 Å². The highest BCUT2D eigenvalue weighted by molar-refractivity contribution is 9.10. The highest BCUT2D eigenvalue weighted by Crippen LogP contribution is 2.21. The third kappa shape index (κ3) is 2.74. The summed E-state index contributed by atoms with van der Waals surface area (Å²) in [5, 5.41) is 0. The van der Waals surface area contributed by atoms with E-state index in [2.05, 4.69) is 15.9 Å². The predicted molar refractivity (Wildman–Crippen MR) is 73.6 cm³/mol. The van der Waals surface area contributed by atoms with E-state index < -0.39 is 0 Å². The molecule has 1 saturated heterocycles. The molecule has 0 aromatic heterocycles. The number of amides is 1. The third-order valence-electron chi connectivity index (χ3n) is 3.19. The molecule has 1 aromatic carbocycles. The molecule has 18 heavy (non-hydrogen) atoms. The van der Waals surface area contributed by atoms with Crippen molar-refractivity contribution in [3.63, 3.8) is 0 Å². The molecule has 0 saturated carbocycles. The number of carbonyl (C=O) groups excluding carboxylic acids is 1. The fourth-order valence-electron chi connectivity index (χ4n) is 2.06. The van der Waals surface area contributed by atoms with Gasteiger partial charge in [0.05, 0.1) is 12.7 Å². The lowest BCUT2D eigenvalue weighted by atomic mass is 10.1. The molecule has 1 atom stereocenters. The Bertz CT molecular complexity index is 451. The van der Waals surface area contributed by atoms with Crippen molar-refractivity contribution in [2.24, 2.45) is 5.73 Å². The highest BCUT2D eigenvalue weighted by atomic mass is 79.9. The second-order valence-corrected chi connectivity index (χ2v) is 5.25. The number of halogens is 1. The summed E-state index contributed by atoms with van der Waals surface area (Å²) < 4.78 is 6.42. The zero-order chi connectivity index (χ0) is 13.1. The van der Waals surface area contributed by atoms with Crippen LogP contribution in [0.1, 0.15) is 15.9 Å². The van der Waals surface area contributed by atoms with Crippen LogP contribution in [-0.2, 0) is 4.74 Å². The molecule has 4 nitrogen and oxygen atoms in total. The molecule has 0 radical (unpaired) electrons.